The highest BCUT2D eigenvalue weighted by Gasteiger charge is 2.28. The highest BCUT2D eigenvalue weighted by Crippen LogP contribution is 2.35. The van der Waals surface area contributed by atoms with Crippen LogP contribution in [0.3, 0.4) is 0 Å². The quantitative estimate of drug-likeness (QED) is 0.423. The summed E-state index contributed by atoms with van der Waals surface area (Å²) in [5, 5.41) is 0. The van der Waals surface area contributed by atoms with E-state index in [-0.39, 0.29) is 27.9 Å². The molecule has 1 heterocycles. The lowest BCUT2D eigenvalue weighted by Gasteiger charge is -2.08. The molecule has 1 aliphatic rings. The minimum atomic E-state index is -4.06. The fourth-order valence-electron chi connectivity index (χ4n) is 2.99. The standard InChI is InChI=1S/C23H18O7S/c1-27-16-5-3-15(4-6-16)13-22-23(24)20-12-9-18(14-21(20)29-22)30-31(25,26)19-10-7-17(28-2)8-11-19/h3-14H,1-2H3/b22-13-. The zero-order valence-electron chi connectivity index (χ0n) is 16.7. The number of carbonyl (C=O) groups is 1. The third-order valence-electron chi connectivity index (χ3n) is 4.61. The van der Waals surface area contributed by atoms with E-state index in [0.29, 0.717) is 17.1 Å². The topological polar surface area (TPSA) is 88.1 Å². The van der Waals surface area contributed by atoms with Crippen LogP contribution in [0, 0.1) is 0 Å². The van der Waals surface area contributed by atoms with E-state index in [4.69, 9.17) is 18.4 Å². The molecule has 3 aromatic rings. The Morgan fingerprint density at radius 2 is 1.39 bits per heavy atom. The number of ether oxygens (including phenoxy) is 3. The summed E-state index contributed by atoms with van der Waals surface area (Å²) in [6, 6.07) is 17.2. The van der Waals surface area contributed by atoms with Gasteiger partial charge in [-0.05, 0) is 60.2 Å². The number of ketones is 1. The van der Waals surface area contributed by atoms with Gasteiger partial charge in [0.25, 0.3) is 0 Å². The van der Waals surface area contributed by atoms with Gasteiger partial charge in [-0.3, -0.25) is 4.79 Å². The minimum Gasteiger partial charge on any atom is -0.497 e. The van der Waals surface area contributed by atoms with Gasteiger partial charge in [-0.25, -0.2) is 0 Å². The Hall–Kier alpha value is -3.78. The fourth-order valence-corrected chi connectivity index (χ4v) is 3.91. The average Bonchev–Trinajstić information content (AvgIpc) is 3.08. The highest BCUT2D eigenvalue weighted by atomic mass is 32.2. The maximum atomic E-state index is 12.6. The van der Waals surface area contributed by atoms with Gasteiger partial charge in [0, 0.05) is 6.07 Å². The second-order valence-corrected chi connectivity index (χ2v) is 8.13. The summed E-state index contributed by atoms with van der Waals surface area (Å²) in [4.78, 5) is 12.6. The summed E-state index contributed by atoms with van der Waals surface area (Å²) >= 11 is 0. The van der Waals surface area contributed by atoms with Crippen molar-refractivity contribution in [2.24, 2.45) is 0 Å². The molecular weight excluding hydrogens is 420 g/mol. The summed E-state index contributed by atoms with van der Waals surface area (Å²) in [7, 11) is -1.000. The van der Waals surface area contributed by atoms with Crippen LogP contribution in [-0.2, 0) is 10.1 Å². The normalized spacial score (nSPS) is 14.1. The van der Waals surface area contributed by atoms with E-state index in [1.807, 2.05) is 0 Å². The molecule has 0 amide bonds. The maximum absolute atomic E-state index is 12.6. The maximum Gasteiger partial charge on any atom is 0.339 e. The Balaban J connectivity index is 1.55. The first-order valence-corrected chi connectivity index (χ1v) is 10.6. The van der Waals surface area contributed by atoms with Crippen molar-refractivity contribution in [3.05, 3.63) is 83.6 Å². The molecule has 0 unspecified atom stereocenters. The van der Waals surface area contributed by atoms with Crippen molar-refractivity contribution in [3.8, 4) is 23.0 Å². The van der Waals surface area contributed by atoms with E-state index in [9.17, 15) is 13.2 Å². The number of hydrogen-bond acceptors (Lipinski definition) is 7. The fraction of sp³-hybridized carbons (Fsp3) is 0.0870. The lowest BCUT2D eigenvalue weighted by atomic mass is 10.1. The predicted octanol–water partition coefficient (Wildman–Crippen LogP) is 4.09. The van der Waals surface area contributed by atoms with Crippen LogP contribution in [0.2, 0.25) is 0 Å². The molecule has 0 aliphatic carbocycles. The second kappa shape index (κ2) is 8.16. The summed E-state index contributed by atoms with van der Waals surface area (Å²) in [5.74, 6) is 1.33. The Morgan fingerprint density at radius 3 is 2.00 bits per heavy atom. The molecule has 0 saturated carbocycles. The zero-order chi connectivity index (χ0) is 22.0. The Morgan fingerprint density at radius 1 is 0.806 bits per heavy atom. The summed E-state index contributed by atoms with van der Waals surface area (Å²) in [6.07, 6.45) is 1.61. The Bertz CT molecular complexity index is 1260. The first-order valence-electron chi connectivity index (χ1n) is 9.20. The zero-order valence-corrected chi connectivity index (χ0v) is 17.5. The van der Waals surface area contributed by atoms with E-state index in [1.165, 1.54) is 49.6 Å². The van der Waals surface area contributed by atoms with Gasteiger partial charge in [0.15, 0.2) is 5.76 Å². The van der Waals surface area contributed by atoms with Crippen LogP contribution in [0.1, 0.15) is 15.9 Å². The van der Waals surface area contributed by atoms with Gasteiger partial charge in [0.1, 0.15) is 27.9 Å². The summed E-state index contributed by atoms with van der Waals surface area (Å²) in [6.45, 7) is 0. The smallest absolute Gasteiger partial charge is 0.339 e. The van der Waals surface area contributed by atoms with Crippen LogP contribution in [-0.4, -0.2) is 28.4 Å². The molecule has 0 aromatic heterocycles. The molecule has 0 N–H and O–H groups in total. The van der Waals surface area contributed by atoms with Gasteiger partial charge < -0.3 is 18.4 Å². The number of fused-ring (bicyclic) bond motifs is 1. The molecule has 0 fully saturated rings. The van der Waals surface area contributed by atoms with E-state index >= 15 is 0 Å². The number of methoxy groups -OCH3 is 2. The number of rotatable bonds is 6. The van der Waals surface area contributed by atoms with Gasteiger partial charge in [0.05, 0.1) is 19.8 Å². The van der Waals surface area contributed by atoms with Gasteiger partial charge in [-0.1, -0.05) is 12.1 Å². The van der Waals surface area contributed by atoms with Crippen LogP contribution in [0.5, 0.6) is 23.0 Å². The molecule has 158 valence electrons. The molecule has 0 spiro atoms. The predicted molar refractivity (Wildman–Crippen MR) is 113 cm³/mol. The van der Waals surface area contributed by atoms with Crippen molar-refractivity contribution in [2.45, 2.75) is 4.90 Å². The molecule has 0 atom stereocenters. The molecule has 4 rings (SSSR count). The molecule has 8 heteroatoms. The molecule has 0 bridgehead atoms. The lowest BCUT2D eigenvalue weighted by molar-refractivity contribution is 0.101. The van der Waals surface area contributed by atoms with Crippen molar-refractivity contribution >= 4 is 22.0 Å². The Labute approximate surface area is 179 Å². The van der Waals surface area contributed by atoms with Crippen LogP contribution in [0.25, 0.3) is 6.08 Å². The highest BCUT2D eigenvalue weighted by molar-refractivity contribution is 7.87. The van der Waals surface area contributed by atoms with E-state index in [1.54, 1.807) is 37.5 Å². The molecule has 1 aliphatic heterocycles. The lowest BCUT2D eigenvalue weighted by Crippen LogP contribution is -2.09. The summed E-state index contributed by atoms with van der Waals surface area (Å²) in [5.41, 5.74) is 1.09. The largest absolute Gasteiger partial charge is 0.497 e. The SMILES string of the molecule is COc1ccc(/C=C2\Oc3cc(OS(=O)(=O)c4ccc(OC)cc4)ccc3C2=O)cc1. The molecule has 0 radical (unpaired) electrons. The first kappa shape index (κ1) is 20.5. The molecule has 7 nitrogen and oxygen atoms in total. The number of benzene rings is 3. The van der Waals surface area contributed by atoms with Crippen LogP contribution >= 0.6 is 0 Å². The van der Waals surface area contributed by atoms with Crippen LogP contribution in [0.4, 0.5) is 0 Å². The number of Topliss-reactive ketones (excluding diaryl/α,β-unsaturated/α-hetero) is 1. The first-order chi connectivity index (χ1) is 14.9. The van der Waals surface area contributed by atoms with E-state index in [2.05, 4.69) is 0 Å². The minimum absolute atomic E-state index is 0.0223. The summed E-state index contributed by atoms with van der Waals surface area (Å²) < 4.78 is 46.1. The van der Waals surface area contributed by atoms with Crippen molar-refractivity contribution < 1.29 is 31.6 Å². The third-order valence-corrected chi connectivity index (χ3v) is 5.87. The second-order valence-electron chi connectivity index (χ2n) is 6.58. The molecular formula is C23H18O7S. The monoisotopic (exact) mass is 438 g/mol. The van der Waals surface area contributed by atoms with E-state index in [0.717, 1.165) is 5.56 Å². The van der Waals surface area contributed by atoms with Crippen molar-refractivity contribution in [1.82, 2.24) is 0 Å². The van der Waals surface area contributed by atoms with Gasteiger partial charge in [-0.15, -0.1) is 0 Å². The van der Waals surface area contributed by atoms with Crippen molar-refractivity contribution in [2.75, 3.05) is 14.2 Å². The van der Waals surface area contributed by atoms with Crippen molar-refractivity contribution in [3.63, 3.8) is 0 Å². The van der Waals surface area contributed by atoms with Crippen molar-refractivity contribution in [1.29, 1.82) is 0 Å². The number of carbonyl (C=O) groups excluding carboxylic acids is 1. The molecule has 31 heavy (non-hydrogen) atoms. The molecule has 0 saturated heterocycles. The number of hydrogen-bond donors (Lipinski definition) is 0. The number of allylic oxidation sites excluding steroid dienone is 1. The van der Waals surface area contributed by atoms with Gasteiger partial charge >= 0.3 is 10.1 Å². The Kier molecular flexibility index (Phi) is 5.39. The van der Waals surface area contributed by atoms with Gasteiger partial charge in [-0.2, -0.15) is 8.42 Å². The third kappa shape index (κ3) is 4.24. The van der Waals surface area contributed by atoms with Gasteiger partial charge in [0.2, 0.25) is 5.78 Å². The van der Waals surface area contributed by atoms with Crippen LogP contribution < -0.4 is 18.4 Å². The average molecular weight is 438 g/mol. The van der Waals surface area contributed by atoms with Crippen LogP contribution in [0.15, 0.2) is 77.4 Å². The molecule has 3 aromatic carbocycles. The van der Waals surface area contributed by atoms with E-state index < -0.39 is 10.1 Å².